The average molecular weight is 224 g/mol. The largest absolute Gasteiger partial charge is 0.481 e. The molecule has 1 aliphatic rings. The Morgan fingerprint density at radius 1 is 1.31 bits per heavy atom. The average Bonchev–Trinajstić information content (AvgIpc) is 2.29. The monoisotopic (exact) mass is 224 g/mol. The minimum atomic E-state index is -0.687. The molecule has 0 saturated carbocycles. The Labute approximate surface area is 96.4 Å². The predicted octanol–water partition coefficient (Wildman–Crippen LogP) is 2.32. The Morgan fingerprint density at radius 2 is 2.06 bits per heavy atom. The number of carbonyl (C=O) groups is 1. The minimum Gasteiger partial charge on any atom is -0.481 e. The van der Waals surface area contributed by atoms with Gasteiger partial charge in [0.1, 0.15) is 0 Å². The summed E-state index contributed by atoms with van der Waals surface area (Å²) in [5, 5.41) is 12.6. The fourth-order valence-electron chi connectivity index (χ4n) is 1.68. The van der Waals surface area contributed by atoms with E-state index in [2.05, 4.69) is 22.7 Å². The van der Waals surface area contributed by atoms with Gasteiger partial charge < -0.3 is 10.5 Å². The maximum atomic E-state index is 10.3. The molecule has 1 aliphatic heterocycles. The van der Waals surface area contributed by atoms with Crippen molar-refractivity contribution in [2.24, 2.45) is 5.10 Å². The van der Waals surface area contributed by atoms with Gasteiger partial charge in [-0.25, -0.2) is 0 Å². The number of hydrogen-bond donors (Lipinski definition) is 2. The van der Waals surface area contributed by atoms with Gasteiger partial charge in [-0.2, -0.15) is 5.10 Å². The molecule has 0 aliphatic carbocycles. The topological polar surface area (TPSA) is 61.7 Å². The molecule has 1 heterocycles. The zero-order valence-corrected chi connectivity index (χ0v) is 9.61. The van der Waals surface area contributed by atoms with Crippen LogP contribution < -0.4 is 5.43 Å². The van der Waals surface area contributed by atoms with E-state index >= 15 is 0 Å². The third kappa shape index (κ3) is 6.22. The van der Waals surface area contributed by atoms with E-state index < -0.39 is 5.97 Å². The smallest absolute Gasteiger partial charge is 0.303 e. The fourth-order valence-corrected chi connectivity index (χ4v) is 1.68. The molecule has 0 fully saturated rings. The summed E-state index contributed by atoms with van der Waals surface area (Å²) in [6, 6.07) is 0. The summed E-state index contributed by atoms with van der Waals surface area (Å²) < 4.78 is 0. The van der Waals surface area contributed by atoms with E-state index in [9.17, 15) is 4.79 Å². The summed E-state index contributed by atoms with van der Waals surface area (Å²) in [4.78, 5) is 10.3. The van der Waals surface area contributed by atoms with Gasteiger partial charge in [-0.05, 0) is 25.3 Å². The molecule has 0 aromatic carbocycles. The van der Waals surface area contributed by atoms with Gasteiger partial charge in [-0.1, -0.05) is 25.3 Å². The maximum absolute atomic E-state index is 10.3. The van der Waals surface area contributed by atoms with Crippen LogP contribution in [0.5, 0.6) is 0 Å². The van der Waals surface area contributed by atoms with Crippen LogP contribution in [0.15, 0.2) is 17.3 Å². The summed E-state index contributed by atoms with van der Waals surface area (Å²) in [6.45, 7) is 0.832. The lowest BCUT2D eigenvalue weighted by Crippen LogP contribution is -2.13. The predicted molar refractivity (Wildman–Crippen MR) is 64.5 cm³/mol. The molecule has 0 bridgehead atoms. The van der Waals surface area contributed by atoms with Crippen molar-refractivity contribution in [3.05, 3.63) is 12.2 Å². The highest BCUT2D eigenvalue weighted by Gasteiger charge is 1.99. The summed E-state index contributed by atoms with van der Waals surface area (Å²) >= 11 is 0. The van der Waals surface area contributed by atoms with E-state index in [0.717, 1.165) is 50.8 Å². The van der Waals surface area contributed by atoms with Crippen LogP contribution in [0.4, 0.5) is 0 Å². The molecular formula is C12H20N2O2. The second-order valence-corrected chi connectivity index (χ2v) is 4.03. The van der Waals surface area contributed by atoms with Crippen LogP contribution >= 0.6 is 0 Å². The van der Waals surface area contributed by atoms with Gasteiger partial charge >= 0.3 is 5.97 Å². The highest BCUT2D eigenvalue weighted by molar-refractivity contribution is 5.95. The Balaban J connectivity index is 1.90. The standard InChI is InChI=1S/C12H20N2O2/c15-12(16)9-5-3-1-2-4-7-11-8-6-10-13-14-11/h6,8,13H,1-5,7,9-10H2,(H,15,16). The molecule has 2 N–H and O–H groups in total. The number of allylic oxidation sites excluding steroid dienone is 1. The van der Waals surface area contributed by atoms with E-state index in [1.54, 1.807) is 0 Å². The van der Waals surface area contributed by atoms with Crippen molar-refractivity contribution in [3.63, 3.8) is 0 Å². The van der Waals surface area contributed by atoms with E-state index in [1.807, 2.05) is 0 Å². The van der Waals surface area contributed by atoms with Crippen LogP contribution in [-0.4, -0.2) is 23.3 Å². The highest BCUT2D eigenvalue weighted by Crippen LogP contribution is 2.08. The van der Waals surface area contributed by atoms with Gasteiger partial charge in [-0.15, -0.1) is 0 Å². The summed E-state index contributed by atoms with van der Waals surface area (Å²) in [5.41, 5.74) is 4.07. The molecule has 0 unspecified atom stereocenters. The first kappa shape index (κ1) is 12.7. The zero-order chi connectivity index (χ0) is 11.6. The number of aliphatic carboxylic acids is 1. The lowest BCUT2D eigenvalue weighted by molar-refractivity contribution is -0.137. The lowest BCUT2D eigenvalue weighted by atomic mass is 10.1. The number of carboxylic acids is 1. The van der Waals surface area contributed by atoms with Gasteiger partial charge in [0.15, 0.2) is 0 Å². The van der Waals surface area contributed by atoms with E-state index in [4.69, 9.17) is 5.11 Å². The zero-order valence-electron chi connectivity index (χ0n) is 9.61. The molecule has 4 heteroatoms. The first-order valence-corrected chi connectivity index (χ1v) is 5.97. The molecule has 4 nitrogen and oxygen atoms in total. The Kier molecular flexibility index (Phi) is 6.30. The Hall–Kier alpha value is -1.32. The molecular weight excluding hydrogens is 204 g/mol. The van der Waals surface area contributed by atoms with Crippen LogP contribution in [0, 0.1) is 0 Å². The molecule has 90 valence electrons. The molecule has 0 spiro atoms. The number of nitrogens with one attached hydrogen (secondary N) is 1. The van der Waals surface area contributed by atoms with Gasteiger partial charge in [0.2, 0.25) is 0 Å². The number of hydrogen-bond acceptors (Lipinski definition) is 3. The number of unbranched alkanes of at least 4 members (excludes halogenated alkanes) is 4. The second kappa shape index (κ2) is 7.91. The van der Waals surface area contributed by atoms with Crippen molar-refractivity contribution in [2.45, 2.75) is 44.9 Å². The van der Waals surface area contributed by atoms with Crippen molar-refractivity contribution in [1.82, 2.24) is 5.43 Å². The van der Waals surface area contributed by atoms with Crippen molar-refractivity contribution in [1.29, 1.82) is 0 Å². The normalized spacial score (nSPS) is 14.4. The van der Waals surface area contributed by atoms with Crippen molar-refractivity contribution in [3.8, 4) is 0 Å². The van der Waals surface area contributed by atoms with Crippen LogP contribution in [0.1, 0.15) is 44.9 Å². The van der Waals surface area contributed by atoms with Crippen LogP contribution in [-0.2, 0) is 4.79 Å². The Bertz CT molecular complexity index is 272. The number of carboxylic acid groups (broad SMARTS) is 1. The highest BCUT2D eigenvalue weighted by atomic mass is 16.4. The van der Waals surface area contributed by atoms with Gasteiger partial charge in [0.05, 0.1) is 12.3 Å². The van der Waals surface area contributed by atoms with Gasteiger partial charge in [0.25, 0.3) is 0 Å². The fraction of sp³-hybridized carbons (Fsp3) is 0.667. The summed E-state index contributed by atoms with van der Waals surface area (Å²) in [5.74, 6) is -0.687. The van der Waals surface area contributed by atoms with E-state index in [-0.39, 0.29) is 0 Å². The van der Waals surface area contributed by atoms with Crippen LogP contribution in [0.3, 0.4) is 0 Å². The third-order valence-corrected chi connectivity index (χ3v) is 2.57. The van der Waals surface area contributed by atoms with Crippen LogP contribution in [0.25, 0.3) is 0 Å². The van der Waals surface area contributed by atoms with E-state index in [0.29, 0.717) is 6.42 Å². The Morgan fingerprint density at radius 3 is 2.75 bits per heavy atom. The summed E-state index contributed by atoms with van der Waals surface area (Å²) in [6.07, 6.45) is 10.7. The molecule has 1 rings (SSSR count). The molecule has 16 heavy (non-hydrogen) atoms. The SMILES string of the molecule is O=C(O)CCCCCCCC1=NNCC=C1. The maximum Gasteiger partial charge on any atom is 0.303 e. The molecule has 0 atom stereocenters. The molecule has 0 amide bonds. The lowest BCUT2D eigenvalue weighted by Gasteiger charge is -2.06. The quantitative estimate of drug-likeness (QED) is 0.622. The minimum absolute atomic E-state index is 0.305. The van der Waals surface area contributed by atoms with Gasteiger partial charge in [0, 0.05) is 6.42 Å². The van der Waals surface area contributed by atoms with Crippen molar-refractivity contribution < 1.29 is 9.90 Å². The number of nitrogens with zero attached hydrogens (tertiary/aromatic N) is 1. The first-order chi connectivity index (χ1) is 7.79. The van der Waals surface area contributed by atoms with Crippen molar-refractivity contribution >= 4 is 11.7 Å². The molecule has 0 saturated heterocycles. The van der Waals surface area contributed by atoms with E-state index in [1.165, 1.54) is 0 Å². The van der Waals surface area contributed by atoms with Crippen LogP contribution in [0.2, 0.25) is 0 Å². The molecule has 0 aromatic rings. The first-order valence-electron chi connectivity index (χ1n) is 5.97. The second-order valence-electron chi connectivity index (χ2n) is 4.03. The number of hydrazone groups is 1. The number of rotatable bonds is 8. The van der Waals surface area contributed by atoms with Gasteiger partial charge in [-0.3, -0.25) is 4.79 Å². The van der Waals surface area contributed by atoms with Crippen molar-refractivity contribution in [2.75, 3.05) is 6.54 Å². The molecule has 0 aromatic heterocycles. The molecule has 0 radical (unpaired) electrons. The third-order valence-electron chi connectivity index (χ3n) is 2.57. The summed E-state index contributed by atoms with van der Waals surface area (Å²) in [7, 11) is 0.